The van der Waals surface area contributed by atoms with Crippen LogP contribution < -0.4 is 21.3 Å². The average Bonchev–Trinajstić information content (AvgIpc) is 0.895. The lowest BCUT2D eigenvalue weighted by molar-refractivity contribution is -0.153. The molecule has 4 unspecified atom stereocenters. The number of hydrogen-bond acceptors (Lipinski definition) is 13. The number of phosphoric ester groups is 2. The Morgan fingerprint density at radius 1 is 0.284 bits per heavy atom. The summed E-state index contributed by atoms with van der Waals surface area (Å²) in [5.74, 6) is -0.941. The second kappa shape index (κ2) is 73.9. The molecule has 6 N–H and O–H groups in total. The van der Waals surface area contributed by atoms with Crippen LogP contribution in [-0.2, 0) is 55.9 Å². The van der Waals surface area contributed by atoms with Crippen molar-refractivity contribution in [3.05, 3.63) is 0 Å². The number of rotatable bonds is 80. The first-order valence-electron chi connectivity index (χ1n) is 42.8. The van der Waals surface area contributed by atoms with Crippen molar-refractivity contribution in [2.45, 2.75) is 451 Å². The average molecular weight is 1490 g/mol. The number of ether oxygens (including phenoxy) is 2. The molecule has 0 aliphatic heterocycles. The highest BCUT2D eigenvalue weighted by atomic mass is 31.2. The molecule has 604 valence electrons. The lowest BCUT2D eigenvalue weighted by Crippen LogP contribution is -2.46. The highest BCUT2D eigenvalue weighted by molar-refractivity contribution is 7.47. The lowest BCUT2D eigenvalue weighted by atomic mass is 9.99. The van der Waals surface area contributed by atoms with Crippen molar-refractivity contribution in [3.8, 4) is 0 Å². The number of phosphoric acid groups is 2. The molecule has 0 rings (SSSR count). The molecule has 0 heterocycles. The summed E-state index contributed by atoms with van der Waals surface area (Å²) in [4.78, 5) is 88.5. The molecule has 0 aromatic heterocycles. The van der Waals surface area contributed by atoms with Crippen LogP contribution in [0.25, 0.3) is 0 Å². The van der Waals surface area contributed by atoms with Crippen molar-refractivity contribution < 1.29 is 70.5 Å². The molecule has 102 heavy (non-hydrogen) atoms. The minimum absolute atomic E-state index is 0.0909. The van der Waals surface area contributed by atoms with Gasteiger partial charge in [-0.15, -0.1) is 0 Å². The number of amides is 4. The quantitative estimate of drug-likeness (QED) is 0.0188. The van der Waals surface area contributed by atoms with E-state index in [0.717, 1.165) is 154 Å². The highest BCUT2D eigenvalue weighted by Gasteiger charge is 2.31. The SMILES string of the molecule is CCCCCCCCCCCCC(=O)N[C@@H](CCOP(=O)(O)OCCNC(=O)NCCOP(=O)(O)OCC[C@H](NC(=O)CCCCCCCCCCCC)C(CCCCCCCCCC)OC(=O)CCCCCCCCCC)C(CCCCCCCCCC)OC(=O)CCCCCCCCCC. The van der Waals surface area contributed by atoms with Gasteiger partial charge in [-0.3, -0.25) is 37.3 Å². The van der Waals surface area contributed by atoms with Crippen LogP contribution in [0.5, 0.6) is 0 Å². The van der Waals surface area contributed by atoms with Crippen molar-refractivity contribution in [3.63, 3.8) is 0 Å². The van der Waals surface area contributed by atoms with Gasteiger partial charge in [-0.05, 0) is 64.2 Å². The smallest absolute Gasteiger partial charge is 0.460 e. The van der Waals surface area contributed by atoms with E-state index in [4.69, 9.17) is 27.6 Å². The van der Waals surface area contributed by atoms with E-state index in [2.05, 4.69) is 62.8 Å². The monoisotopic (exact) mass is 1490 g/mol. The molecule has 0 aromatic rings. The topological polar surface area (TPSA) is 263 Å². The summed E-state index contributed by atoms with van der Waals surface area (Å²) in [5.41, 5.74) is 0. The van der Waals surface area contributed by atoms with Crippen LogP contribution in [0.1, 0.15) is 427 Å². The van der Waals surface area contributed by atoms with Crippen LogP contribution in [0, 0.1) is 0 Å². The Morgan fingerprint density at radius 2 is 0.500 bits per heavy atom. The van der Waals surface area contributed by atoms with E-state index in [1.807, 2.05) is 0 Å². The molecule has 0 bridgehead atoms. The van der Waals surface area contributed by atoms with Crippen LogP contribution in [-0.4, -0.2) is 103 Å². The van der Waals surface area contributed by atoms with Crippen LogP contribution in [0.4, 0.5) is 4.79 Å². The molecule has 0 aliphatic carbocycles. The molecular formula is C81H160N4O15P2. The Balaban J connectivity index is 5.78. The second-order valence-electron chi connectivity index (χ2n) is 29.3. The standard InChI is InChI=1S/C81H160N4O15P2/c1-7-13-19-25-31-37-39-43-49-55-61-77(86)84-73(75(59-53-47-41-33-27-21-15-9-3)99-79(88)63-57-51-45-35-29-23-17-11-5)65-69-95-101(91,92)97-71-67-82-81(90)83-68-72-98-102(93,94)96-70-66-74(85-78(87)62-56-50-44-40-38-32-26-20-14-8-2)76(60-54-48-42-34-28-22-16-10-4)100-80(89)64-58-52-46-36-30-24-18-12-6/h73-76H,7-72H2,1-6H3,(H,84,86)(H,85,87)(H,91,92)(H,93,94)(H2,82,83,90)/t73-,74-,75?,76?/m0/s1. The van der Waals surface area contributed by atoms with E-state index in [1.54, 1.807) is 0 Å². The number of carbonyl (C=O) groups excluding carboxylic acids is 5. The van der Waals surface area contributed by atoms with E-state index >= 15 is 0 Å². The minimum Gasteiger partial charge on any atom is -0.460 e. The summed E-state index contributed by atoms with van der Waals surface area (Å²) >= 11 is 0. The predicted octanol–water partition coefficient (Wildman–Crippen LogP) is 22.9. The molecule has 21 heteroatoms. The molecule has 0 saturated carbocycles. The van der Waals surface area contributed by atoms with Gasteiger partial charge in [0.25, 0.3) is 0 Å². The minimum atomic E-state index is -4.66. The van der Waals surface area contributed by atoms with Gasteiger partial charge in [0.2, 0.25) is 11.8 Å². The van der Waals surface area contributed by atoms with Gasteiger partial charge >= 0.3 is 33.6 Å². The normalized spacial score (nSPS) is 14.0. The molecule has 0 saturated heterocycles. The fourth-order valence-corrected chi connectivity index (χ4v) is 14.6. The third kappa shape index (κ3) is 67.9. The summed E-state index contributed by atoms with van der Waals surface area (Å²) in [6, 6.07) is -2.03. The Hall–Kier alpha value is -2.63. The summed E-state index contributed by atoms with van der Waals surface area (Å²) in [6.45, 7) is 11.5. The third-order valence-corrected chi connectivity index (χ3v) is 21.5. The number of urea groups is 1. The molecular weight excluding hydrogens is 1330 g/mol. The van der Waals surface area contributed by atoms with Gasteiger partial charge in [-0.25, -0.2) is 13.9 Å². The molecule has 4 amide bonds. The van der Waals surface area contributed by atoms with Crippen LogP contribution in [0.15, 0.2) is 0 Å². The van der Waals surface area contributed by atoms with E-state index in [1.165, 1.54) is 180 Å². The highest BCUT2D eigenvalue weighted by Crippen LogP contribution is 2.44. The number of carbonyl (C=O) groups is 5. The van der Waals surface area contributed by atoms with E-state index in [9.17, 15) is 42.9 Å². The first kappa shape index (κ1) is 99.4. The van der Waals surface area contributed by atoms with Gasteiger partial charge < -0.3 is 40.5 Å². The number of unbranched alkanes of at least 4 members (excludes halogenated alkanes) is 46. The van der Waals surface area contributed by atoms with E-state index < -0.39 is 59.2 Å². The lowest BCUT2D eigenvalue weighted by Gasteiger charge is -2.28. The molecule has 0 spiro atoms. The Kier molecular flexibility index (Phi) is 72.0. The second-order valence-corrected chi connectivity index (χ2v) is 32.2. The summed E-state index contributed by atoms with van der Waals surface area (Å²) in [5, 5.41) is 11.3. The van der Waals surface area contributed by atoms with Gasteiger partial charge in [-0.2, -0.15) is 0 Å². The van der Waals surface area contributed by atoms with Crippen molar-refractivity contribution in [1.82, 2.24) is 21.3 Å². The van der Waals surface area contributed by atoms with E-state index in [-0.39, 0.29) is 75.7 Å². The fourth-order valence-electron chi connectivity index (χ4n) is 13.1. The Morgan fingerprint density at radius 3 is 0.755 bits per heavy atom. The number of nitrogens with one attached hydrogen (secondary N) is 4. The summed E-state index contributed by atoms with van der Waals surface area (Å²) in [6.07, 6.45) is 59.0. The van der Waals surface area contributed by atoms with Crippen LogP contribution in [0.2, 0.25) is 0 Å². The zero-order valence-electron chi connectivity index (χ0n) is 66.6. The Labute approximate surface area is 624 Å². The van der Waals surface area contributed by atoms with Crippen molar-refractivity contribution in [1.29, 1.82) is 0 Å². The molecule has 19 nitrogen and oxygen atoms in total. The first-order valence-corrected chi connectivity index (χ1v) is 45.8. The maximum atomic E-state index is 13.6. The third-order valence-electron chi connectivity index (χ3n) is 19.5. The van der Waals surface area contributed by atoms with Gasteiger partial charge in [0.05, 0.1) is 38.5 Å². The summed E-state index contributed by atoms with van der Waals surface area (Å²) < 4.78 is 60.2. The summed E-state index contributed by atoms with van der Waals surface area (Å²) in [7, 11) is -9.31. The van der Waals surface area contributed by atoms with Crippen molar-refractivity contribution >= 4 is 45.4 Å². The molecule has 0 aliphatic rings. The van der Waals surface area contributed by atoms with Gasteiger partial charge in [-0.1, -0.05) is 337 Å². The largest absolute Gasteiger partial charge is 0.472 e. The zero-order chi connectivity index (χ0) is 74.9. The van der Waals surface area contributed by atoms with Crippen molar-refractivity contribution in [2.24, 2.45) is 0 Å². The first-order chi connectivity index (χ1) is 49.6. The van der Waals surface area contributed by atoms with E-state index in [0.29, 0.717) is 25.7 Å². The maximum Gasteiger partial charge on any atom is 0.472 e. The van der Waals surface area contributed by atoms with Crippen LogP contribution in [0.3, 0.4) is 0 Å². The Bertz CT molecular complexity index is 1890. The molecule has 0 radical (unpaired) electrons. The zero-order valence-corrected chi connectivity index (χ0v) is 68.4. The van der Waals surface area contributed by atoms with Gasteiger partial charge in [0.15, 0.2) is 0 Å². The maximum absolute atomic E-state index is 13.6. The van der Waals surface area contributed by atoms with Gasteiger partial charge in [0.1, 0.15) is 12.2 Å². The number of esters is 2. The molecule has 6 atom stereocenters. The molecule has 0 fully saturated rings. The van der Waals surface area contributed by atoms with Crippen molar-refractivity contribution in [2.75, 3.05) is 39.5 Å². The fraction of sp³-hybridized carbons (Fsp3) is 0.938. The number of hydrogen-bond donors (Lipinski definition) is 6. The van der Waals surface area contributed by atoms with Gasteiger partial charge in [0, 0.05) is 38.8 Å². The predicted molar refractivity (Wildman–Crippen MR) is 420 cm³/mol. The van der Waals surface area contributed by atoms with Crippen LogP contribution >= 0.6 is 15.6 Å². The molecule has 0 aromatic carbocycles.